The minimum absolute atomic E-state index is 0.0139. The number of hydrogen-bond donors (Lipinski definition) is 21. The number of phenols is 3. The maximum atomic E-state index is 16.3. The molecule has 43 heteroatoms. The van der Waals surface area contributed by atoms with Gasteiger partial charge in [0.25, 0.3) is 11.8 Å². The first-order valence-electron chi connectivity index (χ1n) is 39.1. The zero-order valence-corrected chi connectivity index (χ0v) is 69.0. The number of anilines is 1. The summed E-state index contributed by atoms with van der Waals surface area (Å²) in [6, 6.07) is 9.45. The molecule has 7 aromatic rings. The molecule has 0 aromatic heterocycles. The molecule has 7 aliphatic heterocycles. The first-order chi connectivity index (χ1) is 59.6. The minimum Gasteiger partial charge on any atom is -0.508 e. The SMILES string of the molecule is CNC(CC(C)C)C(=O)NC1C(=O)NC(CC(N)=O)C(=O)NC2C(=O)NC3C(=O)NC(C(=O)N[C@@H](C(=O)NNC(C)=O)c4cc(O)cc(O)c4-c4cc3ccc4O)C(O)c3ccc(c(Cl)c3)Oc3cc2cc(c3OC2OC(CO)C(O)C(O)C2OC2C[C@@](C)(NCc3cccc(NC(=O)c4ccc(OC(F)(F)F)cc4)c3)C(O)C(C)O2)Oc2ccc(cc2Cl)C1O. The largest absolute Gasteiger partial charge is 0.573 e. The Kier molecular flexibility index (Phi) is 28.6. The number of likely N-dealkylation sites (N-methyl/N-ethyl adjacent to an activating group) is 1. The van der Waals surface area contributed by atoms with Crippen LogP contribution in [0.15, 0.2) is 127 Å². The normalized spacial score (nSPS) is 25.9. The summed E-state index contributed by atoms with van der Waals surface area (Å²) in [6.45, 7) is 6.60. The zero-order chi connectivity index (χ0) is 91.4. The summed E-state index contributed by atoms with van der Waals surface area (Å²) in [5, 5.41) is 129. The monoisotopic (exact) mass is 1800 g/mol. The number of aliphatic hydroxyl groups excluding tert-OH is 6. The number of carbonyl (C=O) groups is 10. The lowest BCUT2D eigenvalue weighted by Crippen LogP contribution is -2.65. The third-order valence-corrected chi connectivity index (χ3v) is 21.9. The van der Waals surface area contributed by atoms with Crippen molar-refractivity contribution in [2.45, 2.75) is 176 Å². The van der Waals surface area contributed by atoms with Crippen molar-refractivity contribution < 1.29 is 140 Å². The number of fused-ring (bicyclic) bond motifs is 15. The van der Waals surface area contributed by atoms with E-state index in [4.69, 9.17) is 57.4 Å². The van der Waals surface area contributed by atoms with E-state index in [0.29, 0.717) is 5.56 Å². The average Bonchev–Trinajstić information content (AvgIpc) is 0.764. The zero-order valence-electron chi connectivity index (χ0n) is 67.5. The molecule has 22 N–H and O–H groups in total. The first-order valence-corrected chi connectivity index (χ1v) is 39.8. The van der Waals surface area contributed by atoms with Crippen molar-refractivity contribution in [2.24, 2.45) is 11.7 Å². The summed E-state index contributed by atoms with van der Waals surface area (Å²) in [5.74, 6) is -18.2. The molecule has 0 spiro atoms. The lowest BCUT2D eigenvalue weighted by Gasteiger charge is -2.48. The molecule has 2 saturated heterocycles. The van der Waals surface area contributed by atoms with Crippen LogP contribution >= 0.6 is 23.2 Å². The summed E-state index contributed by atoms with van der Waals surface area (Å²) < 4.78 is 82.0. The van der Waals surface area contributed by atoms with Gasteiger partial charge < -0.3 is 133 Å². The summed E-state index contributed by atoms with van der Waals surface area (Å²) in [6.07, 6.45) is -24.8. The predicted octanol–water partition coefficient (Wildman–Crippen LogP) is 3.17. The first kappa shape index (κ1) is 92.9. The van der Waals surface area contributed by atoms with Crippen LogP contribution < -0.4 is 83.4 Å². The second-order valence-electron chi connectivity index (χ2n) is 31.0. The Bertz CT molecular complexity index is 5350. The van der Waals surface area contributed by atoms with Gasteiger partial charge in [0.1, 0.15) is 101 Å². The van der Waals surface area contributed by atoms with Crippen molar-refractivity contribution in [3.05, 3.63) is 176 Å². The van der Waals surface area contributed by atoms with E-state index < -0.39 is 277 Å². The number of halogens is 5. The van der Waals surface area contributed by atoms with Crippen LogP contribution in [0.2, 0.25) is 10.0 Å². The van der Waals surface area contributed by atoms with E-state index in [1.54, 1.807) is 45.0 Å². The van der Waals surface area contributed by atoms with Gasteiger partial charge in [-0.3, -0.25) is 58.8 Å². The van der Waals surface area contributed by atoms with Crippen LogP contribution in [0.1, 0.15) is 128 Å². The van der Waals surface area contributed by atoms with Crippen molar-refractivity contribution >= 4 is 88.0 Å². The number of ether oxygens (including phenoxy) is 7. The molecule has 126 heavy (non-hydrogen) atoms. The number of carbonyl (C=O) groups excluding carboxylic acids is 10. The third-order valence-electron chi connectivity index (χ3n) is 21.3. The van der Waals surface area contributed by atoms with Crippen LogP contribution in [-0.4, -0.2) is 204 Å². The number of phenolic OH excluding ortho intramolecular Hbond substituents is 3. The fourth-order valence-electron chi connectivity index (χ4n) is 14.9. The number of primary amides is 1. The van der Waals surface area contributed by atoms with E-state index in [-0.39, 0.29) is 47.7 Å². The average molecular weight is 1800 g/mol. The standard InChI is InChI=1S/C83H89Cl2F3N12O26/c1-33(2)20-49(90-6)74(113)97-64-66(107)39-13-18-53(47(84)23-39)121-55-25-41-26-56(70(55)125-81-71(69(110)68(109)57(32-101)123-81)124-59-30-82(5,72(111)34(3)120-59)91-31-36-8-7-9-42(21-36)92-73(112)37-10-15-44(16-11-37)126-83(86,87)88)122-54-19-14-40(24-48(54)85)67(108)65-79(118)96-63(80(119)100-99-35(4)102)46-27-43(103)28-52(105)60(46)45-22-38(12-17-51(45)104)61(76(115)98-65)95-77(116)62(41)94-75(114)50(29-58(89)106)93-78(64)117/h7-19,21-28,33-34,49-50,57,59,61-69,71-72,81,90-91,101,103-105,107-111H,20,29-32H2,1-6H3,(H2,89,106)(H,92,112)(H,93,117)(H,94,114)(H,95,116)(H,96,118)(H,97,113)(H,98,115)(H,99,102)(H,100,119)/t34?,49?,50?,57?,59?,61?,62?,63-,64?,65?,66?,67?,68?,69?,71?,72?,81?,82-/m1/s1. The minimum atomic E-state index is -4.98. The Hall–Kier alpha value is -12.2. The fourth-order valence-corrected chi connectivity index (χ4v) is 15.4. The van der Waals surface area contributed by atoms with Gasteiger partial charge in [-0.05, 0) is 158 Å². The molecule has 0 radical (unpaired) electrons. The molecule has 7 aliphatic rings. The summed E-state index contributed by atoms with van der Waals surface area (Å²) in [4.78, 5) is 145. The molecule has 16 unspecified atom stereocenters. The molecule has 38 nitrogen and oxygen atoms in total. The molecule has 7 aromatic carbocycles. The molecule has 2 fully saturated rings. The van der Waals surface area contributed by atoms with Gasteiger partial charge in [-0.25, -0.2) is 0 Å². The van der Waals surface area contributed by atoms with Crippen molar-refractivity contribution in [3.63, 3.8) is 0 Å². The maximum absolute atomic E-state index is 16.3. The van der Waals surface area contributed by atoms with Gasteiger partial charge in [0, 0.05) is 53.9 Å². The highest BCUT2D eigenvalue weighted by molar-refractivity contribution is 6.32. The molecule has 14 rings (SSSR count). The number of hydrogen-bond acceptors (Lipinski definition) is 28. The molecule has 11 bridgehead atoms. The summed E-state index contributed by atoms with van der Waals surface area (Å²) >= 11 is 14.3. The fraction of sp³-hybridized carbons (Fsp3) is 0.373. The number of aromatic hydroxyl groups is 3. The second kappa shape index (κ2) is 38.7. The number of alkyl halides is 3. The summed E-state index contributed by atoms with van der Waals surface area (Å²) in [7, 11) is 1.46. The van der Waals surface area contributed by atoms with Crippen LogP contribution in [0, 0.1) is 5.92 Å². The summed E-state index contributed by atoms with van der Waals surface area (Å²) in [5.41, 5.74) is 6.29. The number of rotatable bonds is 19. The maximum Gasteiger partial charge on any atom is 0.573 e. The lowest BCUT2D eigenvalue weighted by atomic mass is 9.84. The van der Waals surface area contributed by atoms with Crippen LogP contribution in [0.4, 0.5) is 18.9 Å². The highest BCUT2D eigenvalue weighted by Crippen LogP contribution is 2.50. The van der Waals surface area contributed by atoms with E-state index in [9.17, 15) is 83.1 Å². The number of benzene rings is 7. The van der Waals surface area contributed by atoms with Crippen LogP contribution in [0.5, 0.6) is 51.7 Å². The van der Waals surface area contributed by atoms with Crippen molar-refractivity contribution in [2.75, 3.05) is 19.0 Å². The number of nitrogens with one attached hydrogen (secondary N) is 11. The molecule has 0 aliphatic carbocycles. The van der Waals surface area contributed by atoms with Gasteiger partial charge >= 0.3 is 6.36 Å². The molecular weight excluding hydrogens is 1710 g/mol. The quantitative estimate of drug-likeness (QED) is 0.0517. The van der Waals surface area contributed by atoms with E-state index >= 15 is 24.0 Å². The number of amides is 10. The van der Waals surface area contributed by atoms with Gasteiger partial charge in [0.05, 0.1) is 41.3 Å². The highest BCUT2D eigenvalue weighted by Gasteiger charge is 2.53. The van der Waals surface area contributed by atoms with Gasteiger partial charge in [0.2, 0.25) is 59.3 Å². The van der Waals surface area contributed by atoms with Crippen molar-refractivity contribution in [3.8, 4) is 62.9 Å². The molecule has 18 atom stereocenters. The molecule has 10 amide bonds. The Morgan fingerprint density at radius 2 is 1.33 bits per heavy atom. The molecule has 0 saturated carbocycles. The highest BCUT2D eigenvalue weighted by atomic mass is 35.5. The van der Waals surface area contributed by atoms with Gasteiger partial charge in [-0.15, -0.1) is 13.2 Å². The Balaban J connectivity index is 1.01. The van der Waals surface area contributed by atoms with E-state index in [1.165, 1.54) is 20.0 Å². The number of aliphatic hydroxyl groups is 6. The van der Waals surface area contributed by atoms with Crippen LogP contribution in [0.25, 0.3) is 11.1 Å². The smallest absolute Gasteiger partial charge is 0.508 e. The van der Waals surface area contributed by atoms with E-state index in [2.05, 4.69) is 63.4 Å². The lowest BCUT2D eigenvalue weighted by molar-refractivity contribution is -0.334. The molecule has 7 heterocycles. The predicted molar refractivity (Wildman–Crippen MR) is 434 cm³/mol. The topological polar surface area (TPSA) is 576 Å². The van der Waals surface area contributed by atoms with Gasteiger partial charge in [-0.2, -0.15) is 0 Å². The number of nitrogens with two attached hydrogens (primary N) is 1. The Morgan fingerprint density at radius 3 is 1.94 bits per heavy atom. The second-order valence-corrected chi connectivity index (χ2v) is 31.9. The van der Waals surface area contributed by atoms with Gasteiger partial charge in [0.15, 0.2) is 23.9 Å². The van der Waals surface area contributed by atoms with Crippen molar-refractivity contribution in [1.82, 2.24) is 53.4 Å². The number of hydrazine groups is 1. The van der Waals surface area contributed by atoms with Crippen molar-refractivity contribution in [1.29, 1.82) is 0 Å². The van der Waals surface area contributed by atoms with Crippen LogP contribution in [0.3, 0.4) is 0 Å². The molecule has 672 valence electrons. The molecular formula is C83H89Cl2F3N12O26. The Labute approximate surface area is 724 Å². The third kappa shape index (κ3) is 21.3. The van der Waals surface area contributed by atoms with Crippen LogP contribution in [-0.2, 0) is 63.9 Å². The van der Waals surface area contributed by atoms with E-state index in [1.807, 2.05) is 0 Å². The van der Waals surface area contributed by atoms with Gasteiger partial charge in [-0.1, -0.05) is 67.4 Å². The van der Waals surface area contributed by atoms with E-state index in [0.717, 1.165) is 104 Å². The Morgan fingerprint density at radius 1 is 0.690 bits per heavy atom.